The molecule has 0 spiro atoms. The highest BCUT2D eigenvalue weighted by Gasteiger charge is 2.37. The SMILES string of the molecule is CCCC1CCC(NC)C(S(=O)(=O)CCOC)C1. The van der Waals surface area contributed by atoms with Crippen molar-refractivity contribution in [2.24, 2.45) is 5.92 Å². The zero-order valence-electron chi connectivity index (χ0n) is 11.8. The standard InChI is InChI=1S/C13H27NO3S/c1-4-5-11-6-7-12(14-2)13(10-11)18(15,16)9-8-17-3/h11-14H,4-10H2,1-3H3. The molecular formula is C13H27NO3S. The lowest BCUT2D eigenvalue weighted by Crippen LogP contribution is -2.47. The molecule has 0 radical (unpaired) electrons. The summed E-state index contributed by atoms with van der Waals surface area (Å²) in [5, 5.41) is 2.95. The van der Waals surface area contributed by atoms with E-state index < -0.39 is 9.84 Å². The predicted molar refractivity (Wildman–Crippen MR) is 74.5 cm³/mol. The summed E-state index contributed by atoms with van der Waals surface area (Å²) in [6.07, 6.45) is 5.21. The summed E-state index contributed by atoms with van der Waals surface area (Å²) in [6, 6.07) is 0.111. The Labute approximate surface area is 111 Å². The lowest BCUT2D eigenvalue weighted by Gasteiger charge is -2.35. The molecule has 0 amide bonds. The van der Waals surface area contributed by atoms with E-state index in [0.717, 1.165) is 32.1 Å². The number of nitrogens with one attached hydrogen (secondary N) is 1. The first-order valence-corrected chi connectivity index (χ1v) is 8.64. The molecule has 1 N–H and O–H groups in total. The fourth-order valence-corrected chi connectivity index (χ4v) is 5.00. The topological polar surface area (TPSA) is 55.4 Å². The summed E-state index contributed by atoms with van der Waals surface area (Å²) < 4.78 is 29.6. The van der Waals surface area contributed by atoms with Crippen molar-refractivity contribution in [3.63, 3.8) is 0 Å². The monoisotopic (exact) mass is 277 g/mol. The molecule has 3 atom stereocenters. The van der Waals surface area contributed by atoms with Gasteiger partial charge in [0, 0.05) is 13.2 Å². The Hall–Kier alpha value is -0.130. The van der Waals surface area contributed by atoms with Crippen molar-refractivity contribution in [3.05, 3.63) is 0 Å². The molecule has 18 heavy (non-hydrogen) atoms. The van der Waals surface area contributed by atoms with Gasteiger partial charge in [-0.1, -0.05) is 19.8 Å². The number of ether oxygens (including phenoxy) is 1. The van der Waals surface area contributed by atoms with E-state index in [1.165, 1.54) is 0 Å². The van der Waals surface area contributed by atoms with Crippen LogP contribution in [0.1, 0.15) is 39.0 Å². The zero-order chi connectivity index (χ0) is 13.6. The smallest absolute Gasteiger partial charge is 0.156 e. The Morgan fingerprint density at radius 2 is 2.06 bits per heavy atom. The molecular weight excluding hydrogens is 250 g/mol. The summed E-state index contributed by atoms with van der Waals surface area (Å²) in [7, 11) is 0.367. The first-order valence-electron chi connectivity index (χ1n) is 6.92. The van der Waals surface area contributed by atoms with Crippen LogP contribution in [0.15, 0.2) is 0 Å². The van der Waals surface area contributed by atoms with Crippen LogP contribution in [-0.4, -0.2) is 46.2 Å². The van der Waals surface area contributed by atoms with Crippen LogP contribution in [0.5, 0.6) is 0 Å². The fourth-order valence-electron chi connectivity index (χ4n) is 2.96. The summed E-state index contributed by atoms with van der Waals surface area (Å²) in [5.74, 6) is 0.715. The first kappa shape index (κ1) is 15.9. The normalized spacial score (nSPS) is 29.4. The Balaban J connectivity index is 2.73. The van der Waals surface area contributed by atoms with Crippen LogP contribution in [0, 0.1) is 5.92 Å². The minimum absolute atomic E-state index is 0.111. The van der Waals surface area contributed by atoms with E-state index in [-0.39, 0.29) is 17.0 Å². The maximum atomic E-state index is 12.3. The maximum Gasteiger partial charge on any atom is 0.156 e. The summed E-state index contributed by atoms with van der Waals surface area (Å²) in [6.45, 7) is 2.46. The minimum Gasteiger partial charge on any atom is -0.384 e. The molecule has 108 valence electrons. The van der Waals surface area contributed by atoms with Gasteiger partial charge >= 0.3 is 0 Å². The van der Waals surface area contributed by atoms with E-state index in [1.807, 2.05) is 7.05 Å². The van der Waals surface area contributed by atoms with E-state index in [9.17, 15) is 8.42 Å². The van der Waals surface area contributed by atoms with Crippen molar-refractivity contribution in [2.75, 3.05) is 26.5 Å². The molecule has 0 aromatic heterocycles. The Morgan fingerprint density at radius 1 is 1.33 bits per heavy atom. The highest BCUT2D eigenvalue weighted by atomic mass is 32.2. The number of hydrogen-bond acceptors (Lipinski definition) is 4. The molecule has 1 saturated carbocycles. The number of rotatable bonds is 7. The van der Waals surface area contributed by atoms with Gasteiger partial charge in [-0.05, 0) is 32.2 Å². The van der Waals surface area contributed by atoms with Gasteiger partial charge in [-0.25, -0.2) is 8.42 Å². The van der Waals surface area contributed by atoms with Crippen molar-refractivity contribution in [1.29, 1.82) is 0 Å². The van der Waals surface area contributed by atoms with E-state index in [4.69, 9.17) is 4.74 Å². The third-order valence-electron chi connectivity index (χ3n) is 4.00. The Morgan fingerprint density at radius 3 is 2.61 bits per heavy atom. The van der Waals surface area contributed by atoms with Crippen molar-refractivity contribution in [2.45, 2.75) is 50.3 Å². The van der Waals surface area contributed by atoms with Crippen molar-refractivity contribution in [1.82, 2.24) is 5.32 Å². The quantitative estimate of drug-likeness (QED) is 0.768. The van der Waals surface area contributed by atoms with Gasteiger partial charge in [0.2, 0.25) is 0 Å². The lowest BCUT2D eigenvalue weighted by molar-refractivity contribution is 0.216. The highest BCUT2D eigenvalue weighted by molar-refractivity contribution is 7.92. The van der Waals surface area contributed by atoms with Gasteiger partial charge in [-0.15, -0.1) is 0 Å². The Bertz CT molecular complexity index is 329. The maximum absolute atomic E-state index is 12.3. The van der Waals surface area contributed by atoms with Crippen LogP contribution in [-0.2, 0) is 14.6 Å². The third kappa shape index (κ3) is 4.21. The molecule has 0 aromatic rings. The molecule has 4 nitrogen and oxygen atoms in total. The van der Waals surface area contributed by atoms with Gasteiger partial charge in [0.15, 0.2) is 9.84 Å². The summed E-state index contributed by atoms with van der Waals surface area (Å²) >= 11 is 0. The van der Waals surface area contributed by atoms with Gasteiger partial charge in [0.05, 0.1) is 17.6 Å². The van der Waals surface area contributed by atoms with E-state index in [0.29, 0.717) is 12.5 Å². The molecule has 3 unspecified atom stereocenters. The van der Waals surface area contributed by atoms with E-state index in [1.54, 1.807) is 7.11 Å². The second-order valence-corrected chi connectivity index (χ2v) is 7.60. The summed E-state index contributed by atoms with van der Waals surface area (Å²) in [5.41, 5.74) is 0. The molecule has 0 bridgehead atoms. The van der Waals surface area contributed by atoms with Crippen LogP contribution in [0.4, 0.5) is 0 Å². The number of hydrogen-bond donors (Lipinski definition) is 1. The number of sulfone groups is 1. The molecule has 0 saturated heterocycles. The largest absolute Gasteiger partial charge is 0.384 e. The molecule has 1 fully saturated rings. The van der Waals surface area contributed by atoms with Crippen molar-refractivity contribution >= 4 is 9.84 Å². The fraction of sp³-hybridized carbons (Fsp3) is 1.00. The van der Waals surface area contributed by atoms with Crippen LogP contribution in [0.2, 0.25) is 0 Å². The average molecular weight is 277 g/mol. The van der Waals surface area contributed by atoms with Crippen LogP contribution in [0.3, 0.4) is 0 Å². The van der Waals surface area contributed by atoms with Crippen molar-refractivity contribution < 1.29 is 13.2 Å². The molecule has 1 aliphatic rings. The minimum atomic E-state index is -3.05. The van der Waals surface area contributed by atoms with Crippen LogP contribution < -0.4 is 5.32 Å². The summed E-state index contributed by atoms with van der Waals surface area (Å²) in [4.78, 5) is 0. The zero-order valence-corrected chi connectivity index (χ0v) is 12.6. The van der Waals surface area contributed by atoms with Gasteiger partial charge in [0.25, 0.3) is 0 Å². The first-order chi connectivity index (χ1) is 8.55. The van der Waals surface area contributed by atoms with Crippen LogP contribution >= 0.6 is 0 Å². The lowest BCUT2D eigenvalue weighted by atomic mass is 9.83. The third-order valence-corrected chi connectivity index (χ3v) is 6.18. The predicted octanol–water partition coefficient (Wildman–Crippen LogP) is 1.60. The van der Waals surface area contributed by atoms with Crippen LogP contribution in [0.25, 0.3) is 0 Å². The van der Waals surface area contributed by atoms with Gasteiger partial charge in [-0.2, -0.15) is 0 Å². The molecule has 0 aliphatic heterocycles. The van der Waals surface area contributed by atoms with Gasteiger partial charge in [0.1, 0.15) is 0 Å². The highest BCUT2D eigenvalue weighted by Crippen LogP contribution is 2.32. The van der Waals surface area contributed by atoms with Gasteiger partial charge in [-0.3, -0.25) is 0 Å². The Kier molecular flexibility index (Phi) is 6.60. The van der Waals surface area contributed by atoms with Gasteiger partial charge < -0.3 is 10.1 Å². The van der Waals surface area contributed by atoms with Crippen molar-refractivity contribution in [3.8, 4) is 0 Å². The average Bonchev–Trinajstić information content (AvgIpc) is 2.37. The molecule has 0 aromatic carbocycles. The van der Waals surface area contributed by atoms with E-state index >= 15 is 0 Å². The molecule has 1 rings (SSSR count). The molecule has 0 heterocycles. The second kappa shape index (κ2) is 7.46. The molecule has 5 heteroatoms. The molecule has 1 aliphatic carbocycles. The second-order valence-electron chi connectivity index (χ2n) is 5.26. The van der Waals surface area contributed by atoms with E-state index in [2.05, 4.69) is 12.2 Å². The number of methoxy groups -OCH3 is 1.